The van der Waals surface area contributed by atoms with E-state index in [0.717, 1.165) is 10.2 Å². The molecule has 0 N–H and O–H groups in total. The number of carbonyl (C=O) groups excluding carboxylic acids is 1. The quantitative estimate of drug-likeness (QED) is 0.454. The predicted molar refractivity (Wildman–Crippen MR) is 140 cm³/mol. The molecule has 1 aliphatic rings. The second kappa shape index (κ2) is 10.5. The lowest BCUT2D eigenvalue weighted by Crippen LogP contribution is -2.48. The maximum Gasteiger partial charge on any atom is 0.260 e. The number of thiazole rings is 1. The number of nitrogens with zero attached hydrogens (tertiary/aromatic N) is 4. The molecule has 0 spiro atoms. The van der Waals surface area contributed by atoms with Gasteiger partial charge in [-0.1, -0.05) is 22.9 Å². The summed E-state index contributed by atoms with van der Waals surface area (Å²) in [5, 5.41) is 1.18. The fourth-order valence-corrected chi connectivity index (χ4v) is 6.84. The van der Waals surface area contributed by atoms with Gasteiger partial charge in [0.25, 0.3) is 5.91 Å². The third-order valence-electron chi connectivity index (χ3n) is 5.71. The van der Waals surface area contributed by atoms with Crippen LogP contribution in [0.15, 0.2) is 47.4 Å². The summed E-state index contributed by atoms with van der Waals surface area (Å²) >= 11 is 7.52. The number of rotatable bonds is 7. The molecule has 0 saturated carbocycles. The zero-order valence-electron chi connectivity index (χ0n) is 20.1. The highest BCUT2D eigenvalue weighted by Gasteiger charge is 2.32. The van der Waals surface area contributed by atoms with Crippen LogP contribution in [0.4, 0.5) is 5.13 Å². The van der Waals surface area contributed by atoms with Crippen molar-refractivity contribution in [3.63, 3.8) is 0 Å². The molecule has 11 heteroatoms. The Morgan fingerprint density at radius 1 is 1.11 bits per heavy atom. The molecular weight excluding hydrogens is 508 g/mol. The average Bonchev–Trinajstić information content (AvgIpc) is 3.21. The van der Waals surface area contributed by atoms with Crippen molar-refractivity contribution in [2.24, 2.45) is 0 Å². The van der Waals surface area contributed by atoms with E-state index in [9.17, 15) is 13.2 Å². The number of hydrogen-bond acceptors (Lipinski definition) is 7. The van der Waals surface area contributed by atoms with E-state index in [1.165, 1.54) is 27.8 Å². The van der Waals surface area contributed by atoms with E-state index in [1.54, 1.807) is 23.1 Å². The van der Waals surface area contributed by atoms with Crippen LogP contribution in [0.25, 0.3) is 10.2 Å². The maximum absolute atomic E-state index is 13.5. The summed E-state index contributed by atoms with van der Waals surface area (Å²) in [4.78, 5) is 21.9. The standard InChI is InChI=1S/C24H29ClN4O4S2/c1-16-14-28(15-17(2)33-16)35(31,32)20-8-5-18(6-9-20)23(30)29(12-11-27(3)4)24-26-21-10-7-19(25)13-22(21)34-24/h5-10,13,16-17H,11-12,14-15H2,1-4H3. The molecule has 0 bridgehead atoms. The zero-order valence-corrected chi connectivity index (χ0v) is 22.5. The van der Waals surface area contributed by atoms with Gasteiger partial charge in [-0.3, -0.25) is 9.69 Å². The first-order chi connectivity index (χ1) is 16.5. The largest absolute Gasteiger partial charge is 0.373 e. The van der Waals surface area contributed by atoms with E-state index in [4.69, 9.17) is 16.3 Å². The van der Waals surface area contributed by atoms with Crippen LogP contribution in [0.1, 0.15) is 24.2 Å². The highest BCUT2D eigenvalue weighted by Crippen LogP contribution is 2.32. The van der Waals surface area contributed by atoms with Crippen molar-refractivity contribution in [2.45, 2.75) is 31.0 Å². The monoisotopic (exact) mass is 536 g/mol. The topological polar surface area (TPSA) is 83.1 Å². The minimum Gasteiger partial charge on any atom is -0.373 e. The Hall–Kier alpha value is -2.08. The van der Waals surface area contributed by atoms with Gasteiger partial charge in [-0.2, -0.15) is 4.31 Å². The normalized spacial score (nSPS) is 19.4. The van der Waals surface area contributed by atoms with Gasteiger partial charge < -0.3 is 9.64 Å². The number of amides is 1. The summed E-state index contributed by atoms with van der Waals surface area (Å²) < 4.78 is 34.3. The fraction of sp³-hybridized carbons (Fsp3) is 0.417. The number of fused-ring (bicyclic) bond motifs is 1. The molecule has 0 aliphatic carbocycles. The summed E-state index contributed by atoms with van der Waals surface area (Å²) in [6.45, 7) is 5.39. The Kier molecular flexibility index (Phi) is 7.80. The number of anilines is 1. The maximum atomic E-state index is 13.5. The minimum atomic E-state index is -3.69. The van der Waals surface area contributed by atoms with Crippen LogP contribution in [-0.4, -0.2) is 81.0 Å². The highest BCUT2D eigenvalue weighted by molar-refractivity contribution is 7.89. The number of halogens is 1. The lowest BCUT2D eigenvalue weighted by molar-refractivity contribution is -0.0440. The molecule has 8 nitrogen and oxygen atoms in total. The molecule has 1 aromatic heterocycles. The van der Waals surface area contributed by atoms with Crippen molar-refractivity contribution >= 4 is 54.2 Å². The van der Waals surface area contributed by atoms with Crippen LogP contribution in [0, 0.1) is 0 Å². The highest BCUT2D eigenvalue weighted by atomic mass is 35.5. The van der Waals surface area contributed by atoms with Gasteiger partial charge in [-0.25, -0.2) is 13.4 Å². The number of morpholine rings is 1. The molecule has 4 rings (SSSR count). The SMILES string of the molecule is CC1CN(S(=O)(=O)c2ccc(C(=O)N(CCN(C)C)c3nc4ccc(Cl)cc4s3)cc2)CC(C)O1. The molecule has 2 heterocycles. The number of benzene rings is 2. The van der Waals surface area contributed by atoms with Crippen molar-refractivity contribution < 1.29 is 17.9 Å². The number of likely N-dealkylation sites (N-methyl/N-ethyl adjacent to an activating group) is 1. The van der Waals surface area contributed by atoms with E-state index in [-0.39, 0.29) is 23.0 Å². The summed E-state index contributed by atoms with van der Waals surface area (Å²) in [6, 6.07) is 11.6. The van der Waals surface area contributed by atoms with Crippen LogP contribution in [0.5, 0.6) is 0 Å². The van der Waals surface area contributed by atoms with Crippen molar-refractivity contribution in [3.05, 3.63) is 53.1 Å². The van der Waals surface area contributed by atoms with E-state index < -0.39 is 10.0 Å². The van der Waals surface area contributed by atoms with Gasteiger partial charge in [0.05, 0.1) is 27.3 Å². The van der Waals surface area contributed by atoms with Gasteiger partial charge in [-0.05, 0) is 70.4 Å². The molecule has 188 valence electrons. The smallest absolute Gasteiger partial charge is 0.260 e. The van der Waals surface area contributed by atoms with Crippen molar-refractivity contribution in [1.29, 1.82) is 0 Å². The van der Waals surface area contributed by atoms with Crippen LogP contribution < -0.4 is 4.90 Å². The van der Waals surface area contributed by atoms with Crippen LogP contribution in [-0.2, 0) is 14.8 Å². The van der Waals surface area contributed by atoms with E-state index >= 15 is 0 Å². The molecule has 1 aliphatic heterocycles. The summed E-state index contributed by atoms with van der Waals surface area (Å²) in [5.41, 5.74) is 1.16. The number of carbonyl (C=O) groups is 1. The van der Waals surface area contributed by atoms with Gasteiger partial charge in [-0.15, -0.1) is 0 Å². The molecule has 0 radical (unpaired) electrons. The number of ether oxygens (including phenoxy) is 1. The van der Waals surface area contributed by atoms with E-state index in [1.807, 2.05) is 45.0 Å². The van der Waals surface area contributed by atoms with E-state index in [2.05, 4.69) is 4.98 Å². The Morgan fingerprint density at radius 3 is 2.40 bits per heavy atom. The van der Waals surface area contributed by atoms with Gasteiger partial charge in [0.15, 0.2) is 5.13 Å². The molecule has 1 fully saturated rings. The molecule has 35 heavy (non-hydrogen) atoms. The van der Waals surface area contributed by atoms with Gasteiger partial charge >= 0.3 is 0 Å². The molecule has 3 aromatic rings. The molecule has 2 unspecified atom stereocenters. The number of sulfonamides is 1. The molecule has 2 aromatic carbocycles. The predicted octanol–water partition coefficient (Wildman–Crippen LogP) is 3.96. The lowest BCUT2D eigenvalue weighted by atomic mass is 10.2. The zero-order chi connectivity index (χ0) is 25.3. The van der Waals surface area contributed by atoms with Gasteiger partial charge in [0.2, 0.25) is 10.0 Å². The summed E-state index contributed by atoms with van der Waals surface area (Å²) in [6.07, 6.45) is -0.355. The first-order valence-corrected chi connectivity index (χ1v) is 14.0. The lowest BCUT2D eigenvalue weighted by Gasteiger charge is -2.34. The molecule has 1 amide bonds. The summed E-state index contributed by atoms with van der Waals surface area (Å²) in [5.74, 6) is -0.241. The Balaban J connectivity index is 1.60. The average molecular weight is 537 g/mol. The summed E-state index contributed by atoms with van der Waals surface area (Å²) in [7, 11) is 0.190. The van der Waals surface area contributed by atoms with Crippen molar-refractivity contribution in [1.82, 2.24) is 14.2 Å². The second-order valence-corrected chi connectivity index (χ2v) is 12.4. The van der Waals surface area contributed by atoms with Gasteiger partial charge in [0.1, 0.15) is 0 Å². The number of aromatic nitrogens is 1. The first-order valence-electron chi connectivity index (χ1n) is 11.3. The molecular formula is C24H29ClN4O4S2. The minimum absolute atomic E-state index is 0.157. The molecule has 1 saturated heterocycles. The van der Waals surface area contributed by atoms with Crippen LogP contribution >= 0.6 is 22.9 Å². The van der Waals surface area contributed by atoms with Crippen molar-refractivity contribution in [3.8, 4) is 0 Å². The van der Waals surface area contributed by atoms with Crippen LogP contribution in [0.2, 0.25) is 5.02 Å². The second-order valence-electron chi connectivity index (χ2n) is 8.97. The Bertz CT molecular complexity index is 1300. The fourth-order valence-electron chi connectivity index (χ4n) is 3.99. The Morgan fingerprint density at radius 2 is 1.77 bits per heavy atom. The first kappa shape index (κ1) is 26.0. The van der Waals surface area contributed by atoms with Crippen LogP contribution in [0.3, 0.4) is 0 Å². The third-order valence-corrected chi connectivity index (χ3v) is 8.83. The number of hydrogen-bond donors (Lipinski definition) is 0. The van der Waals surface area contributed by atoms with Gasteiger partial charge in [0, 0.05) is 36.8 Å². The molecule has 2 atom stereocenters. The van der Waals surface area contributed by atoms with E-state index in [0.29, 0.717) is 41.9 Å². The Labute approximate surface area is 215 Å². The third kappa shape index (κ3) is 5.84. The van der Waals surface area contributed by atoms with Crippen molar-refractivity contribution in [2.75, 3.05) is 45.2 Å².